The van der Waals surface area contributed by atoms with Crippen LogP contribution in [0.4, 0.5) is 10.5 Å². The zero-order chi connectivity index (χ0) is 22.0. The molecule has 0 aliphatic carbocycles. The molecule has 2 aromatic carbocycles. The fourth-order valence-corrected chi connectivity index (χ4v) is 3.82. The topological polar surface area (TPSA) is 83.1 Å². The van der Waals surface area contributed by atoms with Crippen LogP contribution < -0.4 is 20.1 Å². The standard InChI is InChI=1S/C24H29N3O4/c1-15-4-7-18(8-5-15)25-24(29)26-20-14-17-6-9-21(16(2)22(17)31-23(20)28)30-19-10-12-27(3)13-11-19/h4-9,14,19,23,28H,10-13H2,1-3H3,(H2,25,26,29). The number of urea groups is 1. The lowest BCUT2D eigenvalue weighted by Gasteiger charge is -2.31. The second-order valence-electron chi connectivity index (χ2n) is 8.24. The molecule has 4 rings (SSSR count). The summed E-state index contributed by atoms with van der Waals surface area (Å²) in [7, 11) is 2.12. The number of carbonyl (C=O) groups excluding carboxylic acids is 1. The molecule has 7 nitrogen and oxygen atoms in total. The number of benzene rings is 2. The van der Waals surface area contributed by atoms with Crippen LogP contribution in [0.3, 0.4) is 0 Å². The molecule has 0 spiro atoms. The minimum Gasteiger partial charge on any atom is -0.490 e. The molecule has 1 atom stereocenters. The van der Waals surface area contributed by atoms with Crippen LogP contribution in [0.1, 0.15) is 29.5 Å². The Bertz CT molecular complexity index is 979. The lowest BCUT2D eigenvalue weighted by Crippen LogP contribution is -2.37. The predicted octanol–water partition coefficient (Wildman–Crippen LogP) is 3.65. The third-order valence-corrected chi connectivity index (χ3v) is 5.72. The second kappa shape index (κ2) is 8.99. The smallest absolute Gasteiger partial charge is 0.323 e. The van der Waals surface area contributed by atoms with Gasteiger partial charge in [-0.15, -0.1) is 0 Å². The van der Waals surface area contributed by atoms with E-state index in [-0.39, 0.29) is 11.8 Å². The van der Waals surface area contributed by atoms with Crippen molar-refractivity contribution in [2.75, 3.05) is 25.5 Å². The molecule has 164 valence electrons. The van der Waals surface area contributed by atoms with Gasteiger partial charge in [-0.2, -0.15) is 0 Å². The van der Waals surface area contributed by atoms with Gasteiger partial charge >= 0.3 is 6.03 Å². The molecule has 1 saturated heterocycles. The maximum atomic E-state index is 12.3. The largest absolute Gasteiger partial charge is 0.490 e. The monoisotopic (exact) mass is 423 g/mol. The van der Waals surface area contributed by atoms with E-state index in [1.165, 1.54) is 0 Å². The van der Waals surface area contributed by atoms with Gasteiger partial charge in [-0.05, 0) is 64.1 Å². The molecule has 0 bridgehead atoms. The average Bonchev–Trinajstić information content (AvgIpc) is 2.74. The first-order valence-corrected chi connectivity index (χ1v) is 10.6. The molecular weight excluding hydrogens is 394 g/mol. The molecule has 0 aromatic heterocycles. The van der Waals surface area contributed by atoms with E-state index >= 15 is 0 Å². The van der Waals surface area contributed by atoms with Gasteiger partial charge in [0.1, 0.15) is 17.6 Å². The molecule has 2 heterocycles. The lowest BCUT2D eigenvalue weighted by atomic mass is 10.0. The summed E-state index contributed by atoms with van der Waals surface area (Å²) >= 11 is 0. The van der Waals surface area contributed by atoms with Crippen LogP contribution in [0.5, 0.6) is 11.5 Å². The van der Waals surface area contributed by atoms with Crippen LogP contribution in [-0.2, 0) is 0 Å². The van der Waals surface area contributed by atoms with Crippen molar-refractivity contribution in [3.05, 3.63) is 58.8 Å². The normalized spacial score (nSPS) is 19.1. The molecule has 2 aromatic rings. The SMILES string of the molecule is Cc1ccc(NC(=O)NC2=Cc3ccc(OC4CCN(C)CC4)c(C)c3OC2O)cc1. The van der Waals surface area contributed by atoms with Gasteiger partial charge in [-0.1, -0.05) is 17.7 Å². The van der Waals surface area contributed by atoms with Gasteiger partial charge in [0.05, 0.1) is 5.70 Å². The molecule has 2 aliphatic heterocycles. The molecule has 0 radical (unpaired) electrons. The molecule has 7 heteroatoms. The Kier molecular flexibility index (Phi) is 6.15. The number of likely N-dealkylation sites (tertiary alicyclic amines) is 1. The van der Waals surface area contributed by atoms with Gasteiger partial charge in [0.2, 0.25) is 6.29 Å². The van der Waals surface area contributed by atoms with Gasteiger partial charge in [0.15, 0.2) is 0 Å². The molecule has 1 fully saturated rings. The van der Waals surface area contributed by atoms with E-state index < -0.39 is 12.3 Å². The number of hydrogen-bond donors (Lipinski definition) is 3. The molecule has 2 aliphatic rings. The number of anilines is 1. The molecular formula is C24H29N3O4. The number of amides is 2. The first kappa shape index (κ1) is 21.2. The molecule has 2 amide bonds. The maximum Gasteiger partial charge on any atom is 0.323 e. The van der Waals surface area contributed by atoms with E-state index in [2.05, 4.69) is 22.6 Å². The lowest BCUT2D eigenvalue weighted by molar-refractivity contribution is 0.00796. The number of rotatable bonds is 4. The van der Waals surface area contributed by atoms with Crippen LogP contribution in [0, 0.1) is 13.8 Å². The van der Waals surface area contributed by atoms with Gasteiger partial charge < -0.3 is 30.1 Å². The third-order valence-electron chi connectivity index (χ3n) is 5.72. The van der Waals surface area contributed by atoms with E-state index in [4.69, 9.17) is 9.47 Å². The van der Waals surface area contributed by atoms with Crippen LogP contribution in [0.25, 0.3) is 6.08 Å². The fraction of sp³-hybridized carbons (Fsp3) is 0.375. The third kappa shape index (κ3) is 5.00. The second-order valence-corrected chi connectivity index (χ2v) is 8.24. The van der Waals surface area contributed by atoms with Crippen molar-refractivity contribution < 1.29 is 19.4 Å². The summed E-state index contributed by atoms with van der Waals surface area (Å²) < 4.78 is 12.0. The maximum absolute atomic E-state index is 12.3. The Balaban J connectivity index is 1.45. The van der Waals surface area contributed by atoms with Crippen LogP contribution >= 0.6 is 0 Å². The van der Waals surface area contributed by atoms with Crippen LogP contribution in [0.15, 0.2) is 42.1 Å². The number of ether oxygens (including phenoxy) is 2. The first-order chi connectivity index (χ1) is 14.9. The zero-order valence-corrected chi connectivity index (χ0v) is 18.1. The van der Waals surface area contributed by atoms with Gasteiger partial charge in [0, 0.05) is 29.9 Å². The quantitative estimate of drug-likeness (QED) is 0.699. The van der Waals surface area contributed by atoms with E-state index in [0.29, 0.717) is 11.4 Å². The molecule has 3 N–H and O–H groups in total. The average molecular weight is 424 g/mol. The number of aryl methyl sites for hydroxylation is 1. The summed E-state index contributed by atoms with van der Waals surface area (Å²) in [6, 6.07) is 10.8. The number of aliphatic hydroxyl groups excluding tert-OH is 1. The number of nitrogens with one attached hydrogen (secondary N) is 2. The van der Waals surface area contributed by atoms with Crippen molar-refractivity contribution in [3.8, 4) is 11.5 Å². The summed E-state index contributed by atoms with van der Waals surface area (Å²) in [4.78, 5) is 14.6. The van der Waals surface area contributed by atoms with Gasteiger partial charge in [-0.25, -0.2) is 4.79 Å². The van der Waals surface area contributed by atoms with Crippen molar-refractivity contribution in [1.29, 1.82) is 0 Å². The Morgan fingerprint density at radius 2 is 1.81 bits per heavy atom. The highest BCUT2D eigenvalue weighted by atomic mass is 16.6. The summed E-state index contributed by atoms with van der Waals surface area (Å²) in [6.45, 7) is 5.94. The Morgan fingerprint density at radius 1 is 1.10 bits per heavy atom. The Morgan fingerprint density at radius 3 is 2.52 bits per heavy atom. The van der Waals surface area contributed by atoms with Crippen molar-refractivity contribution in [1.82, 2.24) is 10.2 Å². The summed E-state index contributed by atoms with van der Waals surface area (Å²) in [5.74, 6) is 1.34. The fourth-order valence-electron chi connectivity index (χ4n) is 3.82. The van der Waals surface area contributed by atoms with Crippen LogP contribution in [0.2, 0.25) is 0 Å². The number of hydrogen-bond acceptors (Lipinski definition) is 5. The van der Waals surface area contributed by atoms with Crippen LogP contribution in [-0.4, -0.2) is 48.6 Å². The van der Waals surface area contributed by atoms with Gasteiger partial charge in [-0.3, -0.25) is 0 Å². The van der Waals surface area contributed by atoms with E-state index in [0.717, 1.165) is 48.4 Å². The van der Waals surface area contributed by atoms with Crippen molar-refractivity contribution in [2.24, 2.45) is 0 Å². The summed E-state index contributed by atoms with van der Waals surface area (Å²) in [5, 5.41) is 15.9. The van der Waals surface area contributed by atoms with Crippen molar-refractivity contribution in [3.63, 3.8) is 0 Å². The summed E-state index contributed by atoms with van der Waals surface area (Å²) in [5.41, 5.74) is 3.68. The van der Waals surface area contributed by atoms with Crippen molar-refractivity contribution in [2.45, 2.75) is 39.1 Å². The number of nitrogens with zero attached hydrogens (tertiary/aromatic N) is 1. The minimum absolute atomic E-state index is 0.180. The molecule has 0 saturated carbocycles. The number of aliphatic hydroxyl groups is 1. The first-order valence-electron chi connectivity index (χ1n) is 10.6. The highest BCUT2D eigenvalue weighted by Gasteiger charge is 2.26. The Labute approximate surface area is 182 Å². The van der Waals surface area contributed by atoms with Gasteiger partial charge in [0.25, 0.3) is 0 Å². The highest BCUT2D eigenvalue weighted by Crippen LogP contribution is 2.37. The Hall–Kier alpha value is -3.03. The number of carbonyl (C=O) groups is 1. The van der Waals surface area contributed by atoms with Crippen molar-refractivity contribution >= 4 is 17.8 Å². The van der Waals surface area contributed by atoms with E-state index in [1.807, 2.05) is 50.2 Å². The van der Waals surface area contributed by atoms with E-state index in [1.54, 1.807) is 6.08 Å². The number of piperidine rings is 1. The minimum atomic E-state index is -1.27. The zero-order valence-electron chi connectivity index (χ0n) is 18.1. The number of fused-ring (bicyclic) bond motifs is 1. The summed E-state index contributed by atoms with van der Waals surface area (Å²) in [6.07, 6.45) is 2.61. The highest BCUT2D eigenvalue weighted by molar-refractivity contribution is 5.91. The predicted molar refractivity (Wildman–Crippen MR) is 120 cm³/mol. The molecule has 31 heavy (non-hydrogen) atoms. The van der Waals surface area contributed by atoms with E-state index in [9.17, 15) is 9.90 Å². The molecule has 1 unspecified atom stereocenters.